The number of rotatable bonds is 2. The van der Waals surface area contributed by atoms with Crippen molar-refractivity contribution in [2.45, 2.75) is 18.7 Å². The number of hydrogen-bond acceptors (Lipinski definition) is 4. The molecule has 0 saturated carbocycles. The summed E-state index contributed by atoms with van der Waals surface area (Å²) in [6, 6.07) is 4.27. The first-order chi connectivity index (χ1) is 8.80. The Kier molecular flexibility index (Phi) is 3.51. The summed E-state index contributed by atoms with van der Waals surface area (Å²) in [5.41, 5.74) is 0.455. The molecule has 0 bridgehead atoms. The van der Waals surface area contributed by atoms with Crippen LogP contribution in [0.4, 0.5) is 5.69 Å². The second-order valence-corrected chi connectivity index (χ2v) is 6.23. The highest BCUT2D eigenvalue weighted by Gasteiger charge is 2.26. The highest BCUT2D eigenvalue weighted by atomic mass is 32.2. The van der Waals surface area contributed by atoms with Crippen LogP contribution in [0.25, 0.3) is 0 Å². The second kappa shape index (κ2) is 4.82. The lowest BCUT2D eigenvalue weighted by molar-refractivity contribution is -0.121. The van der Waals surface area contributed by atoms with Gasteiger partial charge in [-0.3, -0.25) is 4.79 Å². The van der Waals surface area contributed by atoms with Gasteiger partial charge in [0.25, 0.3) is 0 Å². The Labute approximate surface area is 112 Å². The van der Waals surface area contributed by atoms with Crippen LogP contribution < -0.4 is 14.8 Å². The maximum Gasteiger partial charge on any atom is 0.238 e. The summed E-state index contributed by atoms with van der Waals surface area (Å²) < 4.78 is 28.1. The summed E-state index contributed by atoms with van der Waals surface area (Å²) in [7, 11) is -3.80. The van der Waals surface area contributed by atoms with Gasteiger partial charge < -0.3 is 9.64 Å². The topological polar surface area (TPSA) is 89.7 Å². The lowest BCUT2D eigenvalue weighted by Crippen LogP contribution is -2.40. The van der Waals surface area contributed by atoms with Gasteiger partial charge >= 0.3 is 0 Å². The molecule has 104 valence electrons. The smallest absolute Gasteiger partial charge is 0.238 e. The molecule has 0 aliphatic carbocycles. The van der Waals surface area contributed by atoms with Crippen molar-refractivity contribution in [1.82, 2.24) is 0 Å². The molecular weight excluding hydrogens is 268 g/mol. The van der Waals surface area contributed by atoms with E-state index in [1.807, 2.05) is 0 Å². The minimum atomic E-state index is -3.80. The van der Waals surface area contributed by atoms with Crippen molar-refractivity contribution in [1.29, 1.82) is 0 Å². The molecule has 2 rings (SSSR count). The number of anilines is 1. The Hall–Kier alpha value is -1.60. The normalized spacial score (nSPS) is 15.1. The van der Waals surface area contributed by atoms with E-state index in [-0.39, 0.29) is 16.7 Å². The van der Waals surface area contributed by atoms with E-state index in [4.69, 9.17) is 9.88 Å². The second-order valence-electron chi connectivity index (χ2n) is 4.67. The van der Waals surface area contributed by atoms with E-state index in [2.05, 4.69) is 0 Å². The third-order valence-corrected chi connectivity index (χ3v) is 3.79. The van der Waals surface area contributed by atoms with Crippen molar-refractivity contribution in [3.05, 3.63) is 18.2 Å². The van der Waals surface area contributed by atoms with Crippen LogP contribution >= 0.6 is 0 Å². The molecule has 0 radical (unpaired) electrons. The summed E-state index contributed by atoms with van der Waals surface area (Å²) in [5.74, 6) is 0.243. The predicted molar refractivity (Wildman–Crippen MR) is 70.5 cm³/mol. The average molecular weight is 284 g/mol. The Balaban J connectivity index is 2.50. The number of benzene rings is 1. The molecule has 1 amide bonds. The highest BCUT2D eigenvalue weighted by molar-refractivity contribution is 7.89. The zero-order valence-corrected chi connectivity index (χ0v) is 11.6. The van der Waals surface area contributed by atoms with Crippen LogP contribution in [0.1, 0.15) is 13.8 Å². The largest absolute Gasteiger partial charge is 0.490 e. The number of ether oxygens (including phenoxy) is 1. The molecule has 0 aromatic heterocycles. The molecule has 1 aromatic carbocycles. The summed E-state index contributed by atoms with van der Waals surface area (Å²) >= 11 is 0. The number of amides is 1. The van der Waals surface area contributed by atoms with Gasteiger partial charge in [0, 0.05) is 5.92 Å². The van der Waals surface area contributed by atoms with Gasteiger partial charge in [0.05, 0.1) is 17.1 Å². The van der Waals surface area contributed by atoms with Gasteiger partial charge in [-0.05, 0) is 18.2 Å². The van der Waals surface area contributed by atoms with Crippen LogP contribution in [-0.4, -0.2) is 27.5 Å². The van der Waals surface area contributed by atoms with Crippen LogP contribution in [0, 0.1) is 5.92 Å². The van der Waals surface area contributed by atoms with E-state index in [9.17, 15) is 13.2 Å². The highest BCUT2D eigenvalue weighted by Crippen LogP contribution is 2.34. The number of nitrogens with two attached hydrogens (primary N) is 1. The first-order valence-electron chi connectivity index (χ1n) is 5.91. The average Bonchev–Trinajstić information content (AvgIpc) is 2.35. The summed E-state index contributed by atoms with van der Waals surface area (Å²) in [4.78, 5) is 13.6. The summed E-state index contributed by atoms with van der Waals surface area (Å²) in [6.07, 6.45) is 0. The number of sulfonamides is 1. The maximum atomic E-state index is 12.1. The van der Waals surface area contributed by atoms with Crippen molar-refractivity contribution in [3.8, 4) is 5.75 Å². The standard InChI is InChI=1S/C12H16N2O4S/c1-8(2)12(15)14-5-6-18-11-4-3-9(7-10(11)14)19(13,16)17/h3-4,7-8H,5-6H2,1-2H3,(H2,13,16,17). The molecule has 1 aromatic rings. The molecule has 1 heterocycles. The minimum Gasteiger partial charge on any atom is -0.490 e. The molecule has 0 unspecified atom stereocenters. The van der Waals surface area contributed by atoms with Crippen LogP contribution in [0.2, 0.25) is 0 Å². The van der Waals surface area contributed by atoms with E-state index < -0.39 is 10.0 Å². The van der Waals surface area contributed by atoms with Crippen LogP contribution in [0.15, 0.2) is 23.1 Å². The molecule has 0 saturated heterocycles. The van der Waals surface area contributed by atoms with Crippen LogP contribution in [0.5, 0.6) is 5.75 Å². The van der Waals surface area contributed by atoms with E-state index in [1.165, 1.54) is 23.1 Å². The summed E-state index contributed by atoms with van der Waals surface area (Å²) in [5, 5.41) is 5.10. The fourth-order valence-corrected chi connectivity index (χ4v) is 2.45. The molecule has 2 N–H and O–H groups in total. The minimum absolute atomic E-state index is 0.0293. The molecule has 1 aliphatic rings. The van der Waals surface area contributed by atoms with Gasteiger partial charge in [-0.15, -0.1) is 0 Å². The van der Waals surface area contributed by atoms with Gasteiger partial charge in [0.2, 0.25) is 15.9 Å². The molecule has 1 aliphatic heterocycles. The number of hydrogen-bond donors (Lipinski definition) is 1. The Morgan fingerprint density at radius 2 is 2.11 bits per heavy atom. The van der Waals surface area contributed by atoms with Crippen molar-refractivity contribution < 1.29 is 17.9 Å². The fraction of sp³-hybridized carbons (Fsp3) is 0.417. The van der Waals surface area contributed by atoms with E-state index in [0.717, 1.165) is 0 Å². The van der Waals surface area contributed by atoms with Gasteiger partial charge in [-0.1, -0.05) is 13.8 Å². The van der Waals surface area contributed by atoms with E-state index in [1.54, 1.807) is 13.8 Å². The molecule has 0 fully saturated rings. The Bertz CT molecular complexity index is 610. The molecular formula is C12H16N2O4S. The van der Waals surface area contributed by atoms with Crippen LogP contribution in [-0.2, 0) is 14.8 Å². The number of fused-ring (bicyclic) bond motifs is 1. The quantitative estimate of drug-likeness (QED) is 0.866. The number of primary sulfonamides is 1. The lowest BCUT2D eigenvalue weighted by atomic mass is 10.1. The van der Waals surface area contributed by atoms with Gasteiger partial charge in [-0.25, -0.2) is 13.6 Å². The third kappa shape index (κ3) is 2.71. The molecule has 6 nitrogen and oxygen atoms in total. The van der Waals surface area contributed by atoms with E-state index in [0.29, 0.717) is 24.6 Å². The lowest BCUT2D eigenvalue weighted by Gasteiger charge is -2.31. The SMILES string of the molecule is CC(C)C(=O)N1CCOc2ccc(S(N)(=O)=O)cc21. The zero-order chi connectivity index (χ0) is 14.2. The van der Waals surface area contributed by atoms with Gasteiger partial charge in [-0.2, -0.15) is 0 Å². The van der Waals surface area contributed by atoms with Crippen molar-refractivity contribution in [2.24, 2.45) is 11.1 Å². The first-order valence-corrected chi connectivity index (χ1v) is 7.46. The first kappa shape index (κ1) is 13.8. The fourth-order valence-electron chi connectivity index (χ4n) is 1.92. The predicted octanol–water partition coefficient (Wildman–Crippen LogP) is 0.715. The number of carbonyl (C=O) groups excluding carboxylic acids is 1. The van der Waals surface area contributed by atoms with Gasteiger partial charge in [0.1, 0.15) is 12.4 Å². The summed E-state index contributed by atoms with van der Waals surface area (Å²) in [6.45, 7) is 4.38. The van der Waals surface area contributed by atoms with Crippen LogP contribution in [0.3, 0.4) is 0 Å². The van der Waals surface area contributed by atoms with E-state index >= 15 is 0 Å². The molecule has 7 heteroatoms. The van der Waals surface area contributed by atoms with Crippen molar-refractivity contribution in [3.63, 3.8) is 0 Å². The third-order valence-electron chi connectivity index (χ3n) is 2.88. The number of nitrogens with zero attached hydrogens (tertiary/aromatic N) is 1. The number of carbonyl (C=O) groups is 1. The Morgan fingerprint density at radius 1 is 1.42 bits per heavy atom. The monoisotopic (exact) mass is 284 g/mol. The van der Waals surface area contributed by atoms with Gasteiger partial charge in [0.15, 0.2) is 0 Å². The molecule has 19 heavy (non-hydrogen) atoms. The van der Waals surface area contributed by atoms with Crippen molar-refractivity contribution >= 4 is 21.6 Å². The molecule has 0 atom stereocenters. The Morgan fingerprint density at radius 3 is 2.68 bits per heavy atom. The molecule has 0 spiro atoms. The zero-order valence-electron chi connectivity index (χ0n) is 10.8. The maximum absolute atomic E-state index is 12.1. The van der Waals surface area contributed by atoms with Crippen molar-refractivity contribution in [2.75, 3.05) is 18.1 Å².